The molecule has 0 aliphatic carbocycles. The van der Waals surface area contributed by atoms with Crippen LogP contribution in [0.2, 0.25) is 0 Å². The molecule has 0 radical (unpaired) electrons. The van der Waals surface area contributed by atoms with Crippen LogP contribution in [0.5, 0.6) is 0 Å². The second-order valence-electron chi connectivity index (χ2n) is 10.1. The number of hydrogen-bond donors (Lipinski definition) is 2. The first-order valence-corrected chi connectivity index (χ1v) is 12.5. The summed E-state index contributed by atoms with van der Waals surface area (Å²) in [5, 5.41) is 7.46. The molecule has 0 atom stereocenters. The number of hydrogen-bond acceptors (Lipinski definition) is 3. The van der Waals surface area contributed by atoms with Crippen molar-refractivity contribution in [1.82, 2.24) is 0 Å². The highest BCUT2D eigenvalue weighted by atomic mass is 15.2. The monoisotopic (exact) mass is 457 g/mol. The molecule has 0 aliphatic heterocycles. The van der Waals surface area contributed by atoms with Crippen molar-refractivity contribution >= 4 is 17.1 Å². The van der Waals surface area contributed by atoms with Crippen LogP contribution < -0.4 is 15.5 Å². The van der Waals surface area contributed by atoms with Crippen LogP contribution in [0.3, 0.4) is 0 Å². The van der Waals surface area contributed by atoms with Gasteiger partial charge in [0.25, 0.3) is 0 Å². The van der Waals surface area contributed by atoms with Crippen LogP contribution in [0.15, 0.2) is 36.4 Å². The standard InChI is InChI=1S/C31H43N3/c1-20-14-23(4)29(24(5)15-20)32-10-12-34(31-27(8)18-22(3)19-28(31)9)13-11-33-30-25(6)16-21(2)17-26(30)7/h14-19,32-33H,10-13H2,1-9H3. The normalized spacial score (nSPS) is 11.0. The van der Waals surface area contributed by atoms with Crippen molar-refractivity contribution < 1.29 is 0 Å². The maximum atomic E-state index is 3.73. The van der Waals surface area contributed by atoms with Gasteiger partial charge in [0.05, 0.1) is 0 Å². The molecular weight excluding hydrogens is 414 g/mol. The molecule has 0 saturated heterocycles. The number of rotatable bonds is 9. The summed E-state index contributed by atoms with van der Waals surface area (Å²) in [6.07, 6.45) is 0. The van der Waals surface area contributed by atoms with E-state index in [0.29, 0.717) is 0 Å². The molecule has 0 fully saturated rings. The molecule has 0 bridgehead atoms. The van der Waals surface area contributed by atoms with E-state index < -0.39 is 0 Å². The van der Waals surface area contributed by atoms with Crippen LogP contribution in [0.4, 0.5) is 17.1 Å². The first-order chi connectivity index (χ1) is 16.1. The molecule has 3 nitrogen and oxygen atoms in total. The Bertz CT molecular complexity index is 1030. The minimum Gasteiger partial charge on any atom is -0.383 e. The zero-order valence-corrected chi connectivity index (χ0v) is 22.7. The Kier molecular flexibility index (Phi) is 8.30. The molecule has 0 amide bonds. The summed E-state index contributed by atoms with van der Waals surface area (Å²) in [5.41, 5.74) is 15.8. The van der Waals surface area contributed by atoms with Gasteiger partial charge in [0.1, 0.15) is 0 Å². The van der Waals surface area contributed by atoms with Gasteiger partial charge < -0.3 is 15.5 Å². The summed E-state index contributed by atoms with van der Waals surface area (Å²) in [6, 6.07) is 13.7. The lowest BCUT2D eigenvalue weighted by atomic mass is 10.0. The predicted octanol–water partition coefficient (Wildman–Crippen LogP) is 7.49. The largest absolute Gasteiger partial charge is 0.383 e. The van der Waals surface area contributed by atoms with E-state index >= 15 is 0 Å². The van der Waals surface area contributed by atoms with Crippen molar-refractivity contribution in [3.63, 3.8) is 0 Å². The zero-order chi connectivity index (χ0) is 25.0. The molecule has 3 heteroatoms. The van der Waals surface area contributed by atoms with Gasteiger partial charge in [0, 0.05) is 43.2 Å². The lowest BCUT2D eigenvalue weighted by Crippen LogP contribution is -2.34. The lowest BCUT2D eigenvalue weighted by Gasteiger charge is -2.30. The van der Waals surface area contributed by atoms with E-state index in [0.717, 1.165) is 26.2 Å². The van der Waals surface area contributed by atoms with Gasteiger partial charge in [-0.25, -0.2) is 0 Å². The van der Waals surface area contributed by atoms with Crippen LogP contribution in [-0.2, 0) is 0 Å². The summed E-state index contributed by atoms with van der Waals surface area (Å²) < 4.78 is 0. The van der Waals surface area contributed by atoms with Gasteiger partial charge in [-0.15, -0.1) is 0 Å². The van der Waals surface area contributed by atoms with E-state index in [1.165, 1.54) is 67.1 Å². The number of benzene rings is 3. The Morgan fingerprint density at radius 2 is 0.765 bits per heavy atom. The fraction of sp³-hybridized carbons (Fsp3) is 0.419. The highest BCUT2D eigenvalue weighted by molar-refractivity contribution is 5.62. The minimum absolute atomic E-state index is 0.903. The van der Waals surface area contributed by atoms with Crippen LogP contribution in [0.1, 0.15) is 50.1 Å². The summed E-state index contributed by atoms with van der Waals surface area (Å²) in [6.45, 7) is 23.5. The summed E-state index contributed by atoms with van der Waals surface area (Å²) in [5.74, 6) is 0. The molecule has 182 valence electrons. The number of anilines is 3. The fourth-order valence-corrected chi connectivity index (χ4v) is 5.56. The number of nitrogens with one attached hydrogen (secondary N) is 2. The molecule has 0 heterocycles. The Balaban J connectivity index is 1.77. The van der Waals surface area contributed by atoms with Crippen molar-refractivity contribution in [2.45, 2.75) is 62.3 Å². The first kappa shape index (κ1) is 25.7. The SMILES string of the molecule is Cc1cc(C)c(NCCN(CCNc2c(C)cc(C)cc2C)c2c(C)cc(C)cc2C)c(C)c1. The fourth-order valence-electron chi connectivity index (χ4n) is 5.56. The third-order valence-electron chi connectivity index (χ3n) is 6.67. The lowest BCUT2D eigenvalue weighted by molar-refractivity contribution is 0.802. The van der Waals surface area contributed by atoms with Crippen LogP contribution in [0, 0.1) is 62.3 Å². The molecule has 2 N–H and O–H groups in total. The highest BCUT2D eigenvalue weighted by Gasteiger charge is 2.14. The van der Waals surface area contributed by atoms with Gasteiger partial charge >= 0.3 is 0 Å². The van der Waals surface area contributed by atoms with Crippen molar-refractivity contribution in [3.05, 3.63) is 86.5 Å². The maximum absolute atomic E-state index is 3.73. The molecule has 0 aromatic heterocycles. The smallest absolute Gasteiger partial charge is 0.0427 e. The van der Waals surface area contributed by atoms with Gasteiger partial charge in [-0.3, -0.25) is 0 Å². The topological polar surface area (TPSA) is 27.3 Å². The molecule has 0 aliphatic rings. The van der Waals surface area contributed by atoms with Gasteiger partial charge in [-0.2, -0.15) is 0 Å². The molecule has 0 spiro atoms. The quantitative estimate of drug-likeness (QED) is 0.348. The van der Waals surface area contributed by atoms with Gasteiger partial charge in [0.2, 0.25) is 0 Å². The Morgan fingerprint density at radius 3 is 1.09 bits per heavy atom. The van der Waals surface area contributed by atoms with Gasteiger partial charge in [0.15, 0.2) is 0 Å². The number of nitrogens with zero attached hydrogens (tertiary/aromatic N) is 1. The molecule has 0 unspecified atom stereocenters. The summed E-state index contributed by atoms with van der Waals surface area (Å²) in [7, 11) is 0. The summed E-state index contributed by atoms with van der Waals surface area (Å²) >= 11 is 0. The van der Waals surface area contributed by atoms with Crippen molar-refractivity contribution in [3.8, 4) is 0 Å². The van der Waals surface area contributed by atoms with Crippen molar-refractivity contribution in [2.24, 2.45) is 0 Å². The third kappa shape index (κ3) is 6.14. The van der Waals surface area contributed by atoms with Crippen LogP contribution in [-0.4, -0.2) is 26.2 Å². The van der Waals surface area contributed by atoms with Crippen LogP contribution >= 0.6 is 0 Å². The molecule has 34 heavy (non-hydrogen) atoms. The molecule has 3 rings (SSSR count). The average molecular weight is 458 g/mol. The van der Waals surface area contributed by atoms with Gasteiger partial charge in [-0.05, 0) is 95.7 Å². The van der Waals surface area contributed by atoms with E-state index in [1.807, 2.05) is 0 Å². The van der Waals surface area contributed by atoms with Crippen LogP contribution in [0.25, 0.3) is 0 Å². The van der Waals surface area contributed by atoms with E-state index in [1.54, 1.807) is 0 Å². The molecule has 0 saturated carbocycles. The van der Waals surface area contributed by atoms with E-state index in [-0.39, 0.29) is 0 Å². The Labute approximate surface area is 207 Å². The maximum Gasteiger partial charge on any atom is 0.0427 e. The summed E-state index contributed by atoms with van der Waals surface area (Å²) in [4.78, 5) is 2.54. The zero-order valence-electron chi connectivity index (χ0n) is 22.7. The molecular formula is C31H43N3. The molecule has 3 aromatic rings. The van der Waals surface area contributed by atoms with Crippen molar-refractivity contribution in [1.29, 1.82) is 0 Å². The number of aryl methyl sites for hydroxylation is 9. The highest BCUT2D eigenvalue weighted by Crippen LogP contribution is 2.27. The first-order valence-electron chi connectivity index (χ1n) is 12.5. The minimum atomic E-state index is 0.903. The van der Waals surface area contributed by atoms with E-state index in [4.69, 9.17) is 0 Å². The third-order valence-corrected chi connectivity index (χ3v) is 6.67. The predicted molar refractivity (Wildman–Crippen MR) is 151 cm³/mol. The second-order valence-corrected chi connectivity index (χ2v) is 10.1. The Morgan fingerprint density at radius 1 is 0.471 bits per heavy atom. The molecule has 3 aromatic carbocycles. The van der Waals surface area contributed by atoms with E-state index in [2.05, 4.69) is 114 Å². The van der Waals surface area contributed by atoms with E-state index in [9.17, 15) is 0 Å². The Hall–Kier alpha value is -2.94. The average Bonchev–Trinajstić information content (AvgIpc) is 2.70. The van der Waals surface area contributed by atoms with Crippen molar-refractivity contribution in [2.75, 3.05) is 41.7 Å². The second kappa shape index (κ2) is 11.0. The van der Waals surface area contributed by atoms with Gasteiger partial charge in [-0.1, -0.05) is 53.1 Å².